The number of amides is 2. The summed E-state index contributed by atoms with van der Waals surface area (Å²) in [7, 11) is 0. The number of thiophene rings is 1. The van der Waals surface area contributed by atoms with Crippen LogP contribution in [0.1, 0.15) is 22.0 Å². The normalized spacial score (nSPS) is 13.6. The minimum atomic E-state index is -0.703. The maximum atomic E-state index is 13.0. The Bertz CT molecular complexity index is 1020. The number of fused-ring (bicyclic) bond motifs is 1. The number of hydrogen-bond acceptors (Lipinski definition) is 4. The third kappa shape index (κ3) is 4.52. The van der Waals surface area contributed by atoms with E-state index in [0.717, 1.165) is 23.4 Å². The van der Waals surface area contributed by atoms with Gasteiger partial charge in [0.2, 0.25) is 0 Å². The van der Waals surface area contributed by atoms with Gasteiger partial charge >= 0.3 is 11.8 Å². The zero-order chi connectivity index (χ0) is 20.9. The standard InChI is InChI=1S/C23H22FN3O2S/c24-18-9-7-16(8-10-18)14-25-22(28)23(29)26-15-20(21-6-3-13-30-21)27-12-11-17-4-1-2-5-19(17)27/h1-10,13,20H,11-12,14-15H2,(H,25,28)(H,26,29)/t20-/m1/s1. The molecule has 1 aromatic heterocycles. The molecule has 5 nitrogen and oxygen atoms in total. The Labute approximate surface area is 178 Å². The van der Waals surface area contributed by atoms with Crippen molar-refractivity contribution in [3.8, 4) is 0 Å². The SMILES string of the molecule is O=C(NCc1ccc(F)cc1)C(=O)NC[C@H](c1cccs1)N1CCc2ccccc21. The van der Waals surface area contributed by atoms with E-state index in [4.69, 9.17) is 0 Å². The minimum absolute atomic E-state index is 0.0394. The number of benzene rings is 2. The Morgan fingerprint density at radius 3 is 2.53 bits per heavy atom. The smallest absolute Gasteiger partial charge is 0.309 e. The number of rotatable bonds is 6. The predicted molar refractivity (Wildman–Crippen MR) is 116 cm³/mol. The van der Waals surface area contributed by atoms with Gasteiger partial charge in [-0.1, -0.05) is 36.4 Å². The highest BCUT2D eigenvalue weighted by Gasteiger charge is 2.28. The van der Waals surface area contributed by atoms with Crippen LogP contribution in [0.15, 0.2) is 66.0 Å². The average Bonchev–Trinajstić information content (AvgIpc) is 3.44. The molecule has 1 atom stereocenters. The van der Waals surface area contributed by atoms with Gasteiger partial charge in [-0.2, -0.15) is 0 Å². The average molecular weight is 424 g/mol. The Hall–Kier alpha value is -3.19. The molecule has 2 N–H and O–H groups in total. The lowest BCUT2D eigenvalue weighted by molar-refractivity contribution is -0.139. The summed E-state index contributed by atoms with van der Waals surface area (Å²) >= 11 is 1.64. The fourth-order valence-electron chi connectivity index (χ4n) is 3.67. The molecule has 2 amide bonds. The quantitative estimate of drug-likeness (QED) is 0.598. The van der Waals surface area contributed by atoms with Gasteiger partial charge in [0.15, 0.2) is 0 Å². The highest BCUT2D eigenvalue weighted by Crippen LogP contribution is 2.36. The van der Waals surface area contributed by atoms with Crippen LogP contribution in [0.2, 0.25) is 0 Å². The summed E-state index contributed by atoms with van der Waals surface area (Å²) in [6.45, 7) is 1.37. The van der Waals surface area contributed by atoms with Crippen LogP contribution in [-0.4, -0.2) is 24.9 Å². The van der Waals surface area contributed by atoms with Crippen LogP contribution in [0.4, 0.5) is 10.1 Å². The van der Waals surface area contributed by atoms with Gasteiger partial charge in [-0.15, -0.1) is 11.3 Å². The first-order valence-corrected chi connectivity index (χ1v) is 10.7. The Morgan fingerprint density at radius 2 is 1.77 bits per heavy atom. The van der Waals surface area contributed by atoms with Crippen molar-refractivity contribution < 1.29 is 14.0 Å². The first-order chi connectivity index (χ1) is 14.6. The highest BCUT2D eigenvalue weighted by atomic mass is 32.1. The van der Waals surface area contributed by atoms with E-state index in [-0.39, 0.29) is 18.4 Å². The molecule has 0 fully saturated rings. The van der Waals surface area contributed by atoms with Crippen LogP contribution in [0.25, 0.3) is 0 Å². The van der Waals surface area contributed by atoms with E-state index < -0.39 is 11.8 Å². The molecule has 0 radical (unpaired) electrons. The van der Waals surface area contributed by atoms with Gasteiger partial charge in [0.1, 0.15) is 5.82 Å². The van der Waals surface area contributed by atoms with Crippen LogP contribution in [0.5, 0.6) is 0 Å². The van der Waals surface area contributed by atoms with Crippen LogP contribution in [-0.2, 0) is 22.6 Å². The van der Waals surface area contributed by atoms with Gasteiger partial charge in [-0.25, -0.2) is 4.39 Å². The van der Waals surface area contributed by atoms with Gasteiger partial charge in [-0.05, 0) is 47.2 Å². The minimum Gasteiger partial charge on any atom is -0.361 e. The predicted octanol–water partition coefficient (Wildman–Crippen LogP) is 3.42. The first-order valence-electron chi connectivity index (χ1n) is 9.80. The zero-order valence-electron chi connectivity index (χ0n) is 16.3. The number of halogens is 1. The maximum Gasteiger partial charge on any atom is 0.309 e. The summed E-state index contributed by atoms with van der Waals surface area (Å²) < 4.78 is 13.0. The second kappa shape index (κ2) is 9.09. The molecular weight excluding hydrogens is 401 g/mol. The van der Waals surface area contributed by atoms with Crippen molar-refractivity contribution in [2.24, 2.45) is 0 Å². The van der Waals surface area contributed by atoms with Crippen molar-refractivity contribution in [2.75, 3.05) is 18.0 Å². The van der Waals surface area contributed by atoms with E-state index >= 15 is 0 Å². The third-order valence-corrected chi connectivity index (χ3v) is 6.17. The summed E-state index contributed by atoms with van der Waals surface area (Å²) in [5.74, 6) is -1.72. The Balaban J connectivity index is 1.38. The number of carbonyl (C=O) groups excluding carboxylic acids is 2. The molecule has 0 unspecified atom stereocenters. The van der Waals surface area contributed by atoms with Crippen LogP contribution >= 0.6 is 11.3 Å². The highest BCUT2D eigenvalue weighted by molar-refractivity contribution is 7.10. The van der Waals surface area contributed by atoms with Crippen molar-refractivity contribution in [2.45, 2.75) is 19.0 Å². The lowest BCUT2D eigenvalue weighted by atomic mass is 10.1. The van der Waals surface area contributed by atoms with Crippen molar-refractivity contribution in [3.63, 3.8) is 0 Å². The fraction of sp³-hybridized carbons (Fsp3) is 0.217. The van der Waals surface area contributed by atoms with E-state index in [0.29, 0.717) is 6.54 Å². The van der Waals surface area contributed by atoms with E-state index in [9.17, 15) is 14.0 Å². The number of anilines is 1. The van der Waals surface area contributed by atoms with E-state index in [1.54, 1.807) is 23.5 Å². The number of carbonyl (C=O) groups is 2. The molecule has 0 spiro atoms. The Kier molecular flexibility index (Phi) is 6.09. The van der Waals surface area contributed by atoms with Crippen LogP contribution in [0.3, 0.4) is 0 Å². The fourth-order valence-corrected chi connectivity index (χ4v) is 4.51. The molecule has 2 heterocycles. The summed E-state index contributed by atoms with van der Waals surface area (Å²) in [5.41, 5.74) is 3.19. The molecular formula is C23H22FN3O2S. The molecule has 4 rings (SSSR count). The molecule has 1 aliphatic heterocycles. The van der Waals surface area contributed by atoms with Crippen molar-refractivity contribution in [3.05, 3.63) is 87.9 Å². The van der Waals surface area contributed by atoms with Crippen molar-refractivity contribution in [1.82, 2.24) is 10.6 Å². The van der Waals surface area contributed by atoms with Gasteiger partial charge < -0.3 is 15.5 Å². The molecule has 30 heavy (non-hydrogen) atoms. The van der Waals surface area contributed by atoms with Crippen LogP contribution < -0.4 is 15.5 Å². The lowest BCUT2D eigenvalue weighted by Gasteiger charge is -2.30. The summed E-state index contributed by atoms with van der Waals surface area (Å²) in [6.07, 6.45) is 0.962. The van der Waals surface area contributed by atoms with Crippen LogP contribution in [0, 0.1) is 5.82 Å². The van der Waals surface area contributed by atoms with E-state index in [1.807, 2.05) is 23.6 Å². The summed E-state index contributed by atoms with van der Waals surface area (Å²) in [5, 5.41) is 7.37. The second-order valence-corrected chi connectivity index (χ2v) is 8.10. The van der Waals surface area contributed by atoms with Crippen molar-refractivity contribution >= 4 is 28.8 Å². The number of para-hydroxylation sites is 1. The third-order valence-electron chi connectivity index (χ3n) is 5.20. The van der Waals surface area contributed by atoms with Gasteiger partial charge in [0.25, 0.3) is 0 Å². The largest absolute Gasteiger partial charge is 0.361 e. The first kappa shape index (κ1) is 20.1. The number of nitrogens with zero attached hydrogens (tertiary/aromatic N) is 1. The number of hydrogen-bond donors (Lipinski definition) is 2. The number of nitrogens with one attached hydrogen (secondary N) is 2. The monoisotopic (exact) mass is 423 g/mol. The molecule has 7 heteroatoms. The molecule has 154 valence electrons. The van der Waals surface area contributed by atoms with Gasteiger partial charge in [0, 0.05) is 30.2 Å². The molecule has 0 saturated heterocycles. The summed E-state index contributed by atoms with van der Waals surface area (Å²) in [4.78, 5) is 28.0. The topological polar surface area (TPSA) is 61.4 Å². The maximum absolute atomic E-state index is 13.0. The molecule has 2 aromatic carbocycles. The summed E-state index contributed by atoms with van der Waals surface area (Å²) in [6, 6.07) is 18.1. The molecule has 3 aromatic rings. The molecule has 0 aliphatic carbocycles. The second-order valence-electron chi connectivity index (χ2n) is 7.12. The van der Waals surface area contributed by atoms with Gasteiger partial charge in [-0.3, -0.25) is 9.59 Å². The zero-order valence-corrected chi connectivity index (χ0v) is 17.1. The van der Waals surface area contributed by atoms with E-state index in [2.05, 4.69) is 33.7 Å². The van der Waals surface area contributed by atoms with Gasteiger partial charge in [0.05, 0.1) is 6.04 Å². The Morgan fingerprint density at radius 1 is 1.00 bits per heavy atom. The molecule has 0 saturated carbocycles. The lowest BCUT2D eigenvalue weighted by Crippen LogP contribution is -2.43. The molecule has 1 aliphatic rings. The van der Waals surface area contributed by atoms with Crippen molar-refractivity contribution in [1.29, 1.82) is 0 Å². The molecule has 0 bridgehead atoms. The van der Waals surface area contributed by atoms with E-state index in [1.165, 1.54) is 23.4 Å².